The Kier molecular flexibility index (Phi) is 12.4. The van der Waals surface area contributed by atoms with Crippen molar-refractivity contribution in [3.05, 3.63) is 60.7 Å². The summed E-state index contributed by atoms with van der Waals surface area (Å²) in [6, 6.07) is 13.0. The summed E-state index contributed by atoms with van der Waals surface area (Å²) >= 11 is 0. The van der Waals surface area contributed by atoms with Crippen molar-refractivity contribution in [3.63, 3.8) is 0 Å². The summed E-state index contributed by atoms with van der Waals surface area (Å²) in [7, 11) is 3.06. The Balaban J connectivity index is 1.76. The minimum atomic E-state index is -0.830. The van der Waals surface area contributed by atoms with Crippen molar-refractivity contribution in [2.75, 3.05) is 27.4 Å². The SMILES string of the molecule is CCC(COC(=O)/C=C\C(=O)OCC(CC)C(=O)Oc1ccc(OC)cc1)C(=O)Oc1ccc(OC)cc1. The summed E-state index contributed by atoms with van der Waals surface area (Å²) in [5.41, 5.74) is 0. The van der Waals surface area contributed by atoms with E-state index in [1.165, 1.54) is 14.2 Å². The number of ether oxygens (including phenoxy) is 6. The molecular weight excluding hydrogens is 496 g/mol. The molecule has 0 saturated heterocycles. The van der Waals surface area contributed by atoms with Crippen molar-refractivity contribution in [1.82, 2.24) is 0 Å². The third kappa shape index (κ3) is 9.96. The molecule has 2 atom stereocenters. The van der Waals surface area contributed by atoms with E-state index in [2.05, 4.69) is 0 Å². The van der Waals surface area contributed by atoms with Gasteiger partial charge in [0.2, 0.25) is 0 Å². The van der Waals surface area contributed by atoms with Gasteiger partial charge in [0.15, 0.2) is 0 Å². The van der Waals surface area contributed by atoms with Crippen LogP contribution in [-0.2, 0) is 28.7 Å². The van der Waals surface area contributed by atoms with Crippen molar-refractivity contribution in [2.24, 2.45) is 11.8 Å². The van der Waals surface area contributed by atoms with E-state index in [0.29, 0.717) is 35.8 Å². The fourth-order valence-corrected chi connectivity index (χ4v) is 2.99. The first-order valence-corrected chi connectivity index (χ1v) is 12.0. The van der Waals surface area contributed by atoms with Gasteiger partial charge in [0, 0.05) is 12.2 Å². The molecule has 0 heterocycles. The molecule has 2 rings (SSSR count). The second-order valence-corrected chi connectivity index (χ2v) is 8.00. The maximum absolute atomic E-state index is 12.4. The average Bonchev–Trinajstić information content (AvgIpc) is 2.93. The molecule has 10 heteroatoms. The van der Waals surface area contributed by atoms with E-state index in [-0.39, 0.29) is 13.2 Å². The van der Waals surface area contributed by atoms with Gasteiger partial charge >= 0.3 is 23.9 Å². The van der Waals surface area contributed by atoms with E-state index in [9.17, 15) is 19.2 Å². The predicted octanol–water partition coefficient (Wildman–Crippen LogP) is 3.91. The van der Waals surface area contributed by atoms with Gasteiger partial charge in [-0.2, -0.15) is 0 Å². The van der Waals surface area contributed by atoms with Gasteiger partial charge in [-0.15, -0.1) is 0 Å². The highest BCUT2D eigenvalue weighted by molar-refractivity contribution is 5.92. The van der Waals surface area contributed by atoms with Crippen molar-refractivity contribution in [3.8, 4) is 23.0 Å². The summed E-state index contributed by atoms with van der Waals surface area (Å²) < 4.78 is 30.9. The second kappa shape index (κ2) is 15.7. The zero-order valence-corrected chi connectivity index (χ0v) is 21.8. The Morgan fingerprint density at radius 3 is 1.21 bits per heavy atom. The largest absolute Gasteiger partial charge is 0.497 e. The van der Waals surface area contributed by atoms with Crippen LogP contribution >= 0.6 is 0 Å². The molecule has 0 saturated carbocycles. The van der Waals surface area contributed by atoms with Crippen molar-refractivity contribution < 1.29 is 47.6 Å². The van der Waals surface area contributed by atoms with Gasteiger partial charge in [-0.1, -0.05) is 13.8 Å². The van der Waals surface area contributed by atoms with Crippen LogP contribution in [0.5, 0.6) is 23.0 Å². The van der Waals surface area contributed by atoms with Crippen LogP contribution in [0.25, 0.3) is 0 Å². The van der Waals surface area contributed by atoms with E-state index in [0.717, 1.165) is 12.2 Å². The average molecular weight is 529 g/mol. The summed E-state index contributed by atoms with van der Waals surface area (Å²) in [5.74, 6) is -2.24. The number of hydrogen-bond acceptors (Lipinski definition) is 10. The van der Waals surface area contributed by atoms with Crippen LogP contribution in [0.15, 0.2) is 60.7 Å². The zero-order chi connectivity index (χ0) is 27.9. The molecule has 0 radical (unpaired) electrons. The molecule has 0 spiro atoms. The van der Waals surface area contributed by atoms with Crippen molar-refractivity contribution in [1.29, 1.82) is 0 Å². The number of hydrogen-bond donors (Lipinski definition) is 0. The lowest BCUT2D eigenvalue weighted by Gasteiger charge is -2.14. The fourth-order valence-electron chi connectivity index (χ4n) is 2.99. The van der Waals surface area contributed by atoms with Crippen molar-refractivity contribution >= 4 is 23.9 Å². The maximum atomic E-state index is 12.4. The highest BCUT2D eigenvalue weighted by atomic mass is 16.6. The normalized spacial score (nSPS) is 12.2. The highest BCUT2D eigenvalue weighted by Gasteiger charge is 2.22. The van der Waals surface area contributed by atoms with Crippen LogP contribution in [0.4, 0.5) is 0 Å². The minimum absolute atomic E-state index is 0.223. The quantitative estimate of drug-likeness (QED) is 0.202. The Morgan fingerprint density at radius 2 is 0.921 bits per heavy atom. The third-order valence-electron chi connectivity index (χ3n) is 5.42. The highest BCUT2D eigenvalue weighted by Crippen LogP contribution is 2.20. The van der Waals surface area contributed by atoms with Gasteiger partial charge in [-0.25, -0.2) is 9.59 Å². The lowest BCUT2D eigenvalue weighted by Crippen LogP contribution is -2.26. The van der Waals surface area contributed by atoms with E-state index in [1.54, 1.807) is 62.4 Å². The number of esters is 4. The first-order chi connectivity index (χ1) is 18.3. The van der Waals surface area contributed by atoms with Gasteiger partial charge in [0.1, 0.15) is 36.2 Å². The molecular formula is C28H32O10. The molecule has 204 valence electrons. The topological polar surface area (TPSA) is 124 Å². The Morgan fingerprint density at radius 1 is 0.605 bits per heavy atom. The van der Waals surface area contributed by atoms with E-state index >= 15 is 0 Å². The molecule has 2 aromatic rings. The first-order valence-electron chi connectivity index (χ1n) is 12.0. The molecule has 2 aromatic carbocycles. The lowest BCUT2D eigenvalue weighted by molar-refractivity contribution is -0.149. The number of carbonyl (C=O) groups excluding carboxylic acids is 4. The van der Waals surface area contributed by atoms with Crippen LogP contribution in [0.2, 0.25) is 0 Å². The van der Waals surface area contributed by atoms with Crippen LogP contribution in [0.1, 0.15) is 26.7 Å². The molecule has 0 N–H and O–H groups in total. The monoisotopic (exact) mass is 528 g/mol. The molecule has 0 bridgehead atoms. The van der Waals surface area contributed by atoms with Crippen molar-refractivity contribution in [2.45, 2.75) is 26.7 Å². The van der Waals surface area contributed by atoms with E-state index in [1.807, 2.05) is 0 Å². The molecule has 0 aliphatic rings. The number of benzene rings is 2. The van der Waals surface area contributed by atoms with E-state index < -0.39 is 35.7 Å². The molecule has 0 amide bonds. The van der Waals surface area contributed by atoms with Gasteiger partial charge in [-0.05, 0) is 61.4 Å². The predicted molar refractivity (Wildman–Crippen MR) is 136 cm³/mol. The molecule has 38 heavy (non-hydrogen) atoms. The molecule has 10 nitrogen and oxygen atoms in total. The standard InChI is InChI=1S/C28H32O10/c1-5-19(27(31)37-23-11-7-21(33-3)8-12-23)17-35-25(29)15-16-26(30)36-18-20(6-2)28(32)38-24-13-9-22(34-4)10-14-24/h7-16,19-20H,5-6,17-18H2,1-4H3/b16-15-. The van der Waals surface area contributed by atoms with Gasteiger partial charge in [0.05, 0.1) is 26.1 Å². The Labute approximate surface area is 221 Å². The number of methoxy groups -OCH3 is 2. The number of rotatable bonds is 14. The minimum Gasteiger partial charge on any atom is -0.497 e. The Bertz CT molecular complexity index is 1000. The lowest BCUT2D eigenvalue weighted by atomic mass is 10.1. The van der Waals surface area contributed by atoms with E-state index in [4.69, 9.17) is 28.4 Å². The van der Waals surface area contributed by atoms with Gasteiger partial charge in [-0.3, -0.25) is 9.59 Å². The third-order valence-corrected chi connectivity index (χ3v) is 5.42. The summed E-state index contributed by atoms with van der Waals surface area (Å²) in [5, 5.41) is 0. The van der Waals surface area contributed by atoms with Crippen LogP contribution < -0.4 is 18.9 Å². The summed E-state index contributed by atoms with van der Waals surface area (Å²) in [6.07, 6.45) is 2.53. The number of carbonyl (C=O) groups is 4. The molecule has 0 aliphatic carbocycles. The smallest absolute Gasteiger partial charge is 0.331 e. The molecule has 0 aromatic heterocycles. The van der Waals surface area contributed by atoms with Crippen LogP contribution in [0.3, 0.4) is 0 Å². The van der Waals surface area contributed by atoms with Crippen LogP contribution in [0, 0.1) is 11.8 Å². The zero-order valence-electron chi connectivity index (χ0n) is 21.8. The molecule has 0 fully saturated rings. The molecule has 0 aliphatic heterocycles. The molecule has 2 unspecified atom stereocenters. The second-order valence-electron chi connectivity index (χ2n) is 8.00. The first kappa shape index (κ1) is 29.9. The van der Waals surface area contributed by atoms with Gasteiger partial charge < -0.3 is 28.4 Å². The fraction of sp³-hybridized carbons (Fsp3) is 0.357. The van der Waals surface area contributed by atoms with Gasteiger partial charge in [0.25, 0.3) is 0 Å². The maximum Gasteiger partial charge on any atom is 0.331 e. The summed E-state index contributed by atoms with van der Waals surface area (Å²) in [4.78, 5) is 48.8. The van der Waals surface area contributed by atoms with Crippen LogP contribution in [-0.4, -0.2) is 51.3 Å². The summed E-state index contributed by atoms with van der Waals surface area (Å²) in [6.45, 7) is 3.06. The Hall–Kier alpha value is -4.34.